The van der Waals surface area contributed by atoms with Gasteiger partial charge in [0.2, 0.25) is 11.8 Å². The monoisotopic (exact) mass is 391 g/mol. The first kappa shape index (κ1) is 20.8. The van der Waals surface area contributed by atoms with Gasteiger partial charge in [-0.2, -0.15) is 8.78 Å². The Morgan fingerprint density at radius 2 is 1.54 bits per heavy atom. The van der Waals surface area contributed by atoms with Crippen molar-refractivity contribution in [1.29, 1.82) is 0 Å². The Morgan fingerprint density at radius 1 is 0.964 bits per heavy atom. The van der Waals surface area contributed by atoms with Crippen LogP contribution in [0.3, 0.4) is 0 Å². The van der Waals surface area contributed by atoms with Gasteiger partial charge in [0.05, 0.1) is 0 Å². The smallest absolute Gasteiger partial charge is 0.387 e. The number of hydrogen-bond acceptors (Lipinski definition) is 4. The first-order chi connectivity index (χ1) is 13.2. The first-order valence-electron chi connectivity index (χ1n) is 8.26. The molecule has 0 aliphatic rings. The minimum Gasteiger partial charge on any atom is -0.434 e. The SMILES string of the molecule is CC(=O)Nc1cc(NC(C)=O)cc(C(=O)NCc2ccccc2OC(F)F)c1. The van der Waals surface area contributed by atoms with E-state index in [1.54, 1.807) is 18.2 Å². The molecule has 3 N–H and O–H groups in total. The van der Waals surface area contributed by atoms with E-state index >= 15 is 0 Å². The molecule has 3 amide bonds. The lowest BCUT2D eigenvalue weighted by Gasteiger charge is -2.13. The third kappa shape index (κ3) is 6.35. The molecule has 2 aromatic carbocycles. The van der Waals surface area contributed by atoms with Crippen molar-refractivity contribution in [2.75, 3.05) is 10.6 Å². The molecule has 0 radical (unpaired) electrons. The third-order valence-electron chi connectivity index (χ3n) is 3.46. The highest BCUT2D eigenvalue weighted by Crippen LogP contribution is 2.22. The topological polar surface area (TPSA) is 96.5 Å². The lowest BCUT2D eigenvalue weighted by molar-refractivity contribution is -0.115. The quantitative estimate of drug-likeness (QED) is 0.676. The molecule has 0 saturated heterocycles. The number of nitrogens with one attached hydrogen (secondary N) is 3. The van der Waals surface area contributed by atoms with Gasteiger partial charge in [0.25, 0.3) is 5.91 Å². The second-order valence-corrected chi connectivity index (χ2v) is 5.83. The summed E-state index contributed by atoms with van der Waals surface area (Å²) in [6.45, 7) is -0.414. The van der Waals surface area contributed by atoms with Crippen molar-refractivity contribution in [2.45, 2.75) is 27.0 Å². The normalized spacial score (nSPS) is 10.3. The standard InChI is InChI=1S/C19H19F2N3O4/c1-11(25)23-15-7-14(8-16(9-15)24-12(2)26)18(27)22-10-13-5-3-4-6-17(13)28-19(20)21/h3-9,19H,10H2,1-2H3,(H,22,27)(H,23,25)(H,24,26). The molecular weight excluding hydrogens is 372 g/mol. The summed E-state index contributed by atoms with van der Waals surface area (Å²) in [4.78, 5) is 35.1. The fraction of sp³-hybridized carbons (Fsp3) is 0.211. The summed E-state index contributed by atoms with van der Waals surface area (Å²) in [5, 5.41) is 7.69. The summed E-state index contributed by atoms with van der Waals surface area (Å²) >= 11 is 0. The van der Waals surface area contributed by atoms with Gasteiger partial charge in [-0.3, -0.25) is 14.4 Å². The Hall–Kier alpha value is -3.49. The van der Waals surface area contributed by atoms with Crippen LogP contribution in [0.15, 0.2) is 42.5 Å². The number of carbonyl (C=O) groups excluding carboxylic acids is 3. The number of ether oxygens (including phenoxy) is 1. The van der Waals surface area contributed by atoms with Crippen molar-refractivity contribution in [3.63, 3.8) is 0 Å². The van der Waals surface area contributed by atoms with Crippen LogP contribution in [0.4, 0.5) is 20.2 Å². The lowest BCUT2D eigenvalue weighted by Crippen LogP contribution is -2.24. The molecule has 9 heteroatoms. The Morgan fingerprint density at radius 3 is 2.07 bits per heavy atom. The van der Waals surface area contributed by atoms with E-state index in [9.17, 15) is 23.2 Å². The average molecular weight is 391 g/mol. The molecule has 0 unspecified atom stereocenters. The van der Waals surface area contributed by atoms with Crippen LogP contribution < -0.4 is 20.7 Å². The number of carbonyl (C=O) groups is 3. The summed E-state index contributed by atoms with van der Waals surface area (Å²) in [5.41, 5.74) is 1.19. The second kappa shape index (κ2) is 9.45. The molecule has 0 aliphatic carbocycles. The molecule has 0 heterocycles. The van der Waals surface area contributed by atoms with E-state index in [2.05, 4.69) is 20.7 Å². The molecule has 28 heavy (non-hydrogen) atoms. The zero-order valence-electron chi connectivity index (χ0n) is 15.2. The molecule has 148 valence electrons. The minimum absolute atomic E-state index is 0.0382. The van der Waals surface area contributed by atoms with Gasteiger partial charge in [-0.05, 0) is 24.3 Å². The van der Waals surface area contributed by atoms with Gasteiger partial charge in [0, 0.05) is 42.9 Å². The highest BCUT2D eigenvalue weighted by molar-refractivity contribution is 5.99. The predicted molar refractivity (Wildman–Crippen MR) is 99.3 cm³/mol. The molecular formula is C19H19F2N3O4. The van der Waals surface area contributed by atoms with E-state index in [4.69, 9.17) is 0 Å². The number of hydrogen-bond donors (Lipinski definition) is 3. The number of benzene rings is 2. The maximum absolute atomic E-state index is 12.5. The fourth-order valence-electron chi connectivity index (χ4n) is 2.45. The van der Waals surface area contributed by atoms with E-state index < -0.39 is 12.5 Å². The summed E-state index contributed by atoms with van der Waals surface area (Å²) in [6, 6.07) is 10.5. The van der Waals surface area contributed by atoms with Gasteiger partial charge in [0.15, 0.2) is 0 Å². The molecule has 0 spiro atoms. The summed E-state index contributed by atoms with van der Waals surface area (Å²) in [7, 11) is 0. The second-order valence-electron chi connectivity index (χ2n) is 5.83. The van der Waals surface area contributed by atoms with E-state index in [-0.39, 0.29) is 29.7 Å². The molecule has 0 bridgehead atoms. The molecule has 0 atom stereocenters. The summed E-state index contributed by atoms with van der Waals surface area (Å²) < 4.78 is 29.4. The third-order valence-corrected chi connectivity index (χ3v) is 3.46. The maximum Gasteiger partial charge on any atom is 0.387 e. The highest BCUT2D eigenvalue weighted by Gasteiger charge is 2.13. The van der Waals surface area contributed by atoms with Crippen molar-refractivity contribution in [3.05, 3.63) is 53.6 Å². The van der Waals surface area contributed by atoms with Crippen LogP contribution in [0.1, 0.15) is 29.8 Å². The molecule has 2 aromatic rings. The number of halogens is 2. The Kier molecular flexibility index (Phi) is 7.02. The van der Waals surface area contributed by atoms with E-state index in [0.29, 0.717) is 16.9 Å². The molecule has 0 aromatic heterocycles. The van der Waals surface area contributed by atoms with Crippen LogP contribution in [0, 0.1) is 0 Å². The summed E-state index contributed by atoms with van der Waals surface area (Å²) in [5.74, 6) is -1.25. The van der Waals surface area contributed by atoms with Crippen molar-refractivity contribution >= 4 is 29.1 Å². The van der Waals surface area contributed by atoms with Crippen LogP contribution >= 0.6 is 0 Å². The van der Waals surface area contributed by atoms with Gasteiger partial charge >= 0.3 is 6.61 Å². The molecule has 2 rings (SSSR count). The van der Waals surface area contributed by atoms with Crippen LogP contribution in [0.25, 0.3) is 0 Å². The van der Waals surface area contributed by atoms with Crippen molar-refractivity contribution in [3.8, 4) is 5.75 Å². The Balaban J connectivity index is 2.19. The molecule has 7 nitrogen and oxygen atoms in total. The Bertz CT molecular complexity index is 853. The van der Waals surface area contributed by atoms with Gasteiger partial charge in [-0.15, -0.1) is 0 Å². The Labute approximate surface area is 160 Å². The van der Waals surface area contributed by atoms with Gasteiger partial charge < -0.3 is 20.7 Å². The van der Waals surface area contributed by atoms with E-state index in [1.165, 1.54) is 38.1 Å². The van der Waals surface area contributed by atoms with Gasteiger partial charge in [-0.1, -0.05) is 18.2 Å². The number of alkyl halides is 2. The zero-order valence-corrected chi connectivity index (χ0v) is 15.2. The van der Waals surface area contributed by atoms with Crippen LogP contribution in [0.2, 0.25) is 0 Å². The first-order valence-corrected chi connectivity index (χ1v) is 8.26. The number of para-hydroxylation sites is 1. The van der Waals surface area contributed by atoms with E-state index in [1.807, 2.05) is 0 Å². The number of rotatable bonds is 7. The van der Waals surface area contributed by atoms with Gasteiger partial charge in [0.1, 0.15) is 5.75 Å². The fourth-order valence-corrected chi connectivity index (χ4v) is 2.45. The summed E-state index contributed by atoms with van der Waals surface area (Å²) in [6.07, 6.45) is 0. The van der Waals surface area contributed by atoms with Gasteiger partial charge in [-0.25, -0.2) is 0 Å². The maximum atomic E-state index is 12.5. The highest BCUT2D eigenvalue weighted by atomic mass is 19.3. The van der Waals surface area contributed by atoms with Crippen molar-refractivity contribution in [1.82, 2.24) is 5.32 Å². The largest absolute Gasteiger partial charge is 0.434 e. The molecule has 0 saturated carbocycles. The van der Waals surface area contributed by atoms with Crippen molar-refractivity contribution in [2.24, 2.45) is 0 Å². The minimum atomic E-state index is -2.98. The van der Waals surface area contributed by atoms with Crippen LogP contribution in [-0.2, 0) is 16.1 Å². The molecule has 0 aliphatic heterocycles. The van der Waals surface area contributed by atoms with Crippen LogP contribution in [0.5, 0.6) is 5.75 Å². The zero-order chi connectivity index (χ0) is 20.7. The predicted octanol–water partition coefficient (Wildman–Crippen LogP) is 3.13. The van der Waals surface area contributed by atoms with E-state index in [0.717, 1.165) is 0 Å². The van der Waals surface area contributed by atoms with Crippen molar-refractivity contribution < 1.29 is 27.9 Å². The van der Waals surface area contributed by atoms with Crippen LogP contribution in [-0.4, -0.2) is 24.3 Å². The number of amides is 3. The number of anilines is 2. The average Bonchev–Trinajstić information content (AvgIpc) is 2.58. The molecule has 0 fully saturated rings. The lowest BCUT2D eigenvalue weighted by atomic mass is 10.1.